The number of aromatic nitrogens is 4. The van der Waals surface area contributed by atoms with Crippen molar-refractivity contribution in [3.05, 3.63) is 46.3 Å². The molecule has 0 aliphatic carbocycles. The van der Waals surface area contributed by atoms with E-state index in [1.165, 1.54) is 42.0 Å². The first-order valence-electron chi connectivity index (χ1n) is 10.2. The van der Waals surface area contributed by atoms with Crippen LogP contribution < -0.4 is 14.2 Å². The summed E-state index contributed by atoms with van der Waals surface area (Å²) in [6, 6.07) is 5.82. The quantitative estimate of drug-likeness (QED) is 0.155. The largest absolute Gasteiger partial charge is 0.493 e. The molecule has 0 saturated carbocycles. The van der Waals surface area contributed by atoms with Crippen molar-refractivity contribution < 1.29 is 18.7 Å². The van der Waals surface area contributed by atoms with E-state index in [-0.39, 0.29) is 0 Å². The zero-order chi connectivity index (χ0) is 24.9. The zero-order valence-corrected chi connectivity index (χ0v) is 22.1. The van der Waals surface area contributed by atoms with Crippen LogP contribution in [0.15, 0.2) is 42.8 Å². The number of aryl methyl sites for hydroxylation is 2. The Kier molecular flexibility index (Phi) is 7.80. The fourth-order valence-corrected chi connectivity index (χ4v) is 5.94. The van der Waals surface area contributed by atoms with Gasteiger partial charge >= 0.3 is 0 Å². The summed E-state index contributed by atoms with van der Waals surface area (Å²) < 4.78 is 22.5. The van der Waals surface area contributed by atoms with Crippen LogP contribution in [0.4, 0.5) is 0 Å². The van der Waals surface area contributed by atoms with Crippen LogP contribution >= 0.6 is 34.9 Å². The van der Waals surface area contributed by atoms with E-state index in [2.05, 4.69) is 16.2 Å². The van der Waals surface area contributed by atoms with Gasteiger partial charge in [-0.2, -0.15) is 5.26 Å². The number of nitriles is 1. The summed E-state index contributed by atoms with van der Waals surface area (Å²) in [7, 11) is 4.62. The monoisotopic (exact) mass is 527 g/mol. The van der Waals surface area contributed by atoms with E-state index in [0.717, 1.165) is 21.4 Å². The highest BCUT2D eigenvalue weighted by Crippen LogP contribution is 2.43. The molecular formula is C23H21N5O4S3. The summed E-state index contributed by atoms with van der Waals surface area (Å²) in [5.41, 5.74) is 3.25. The van der Waals surface area contributed by atoms with Gasteiger partial charge in [0.25, 0.3) is 0 Å². The maximum atomic E-state index is 10.1. The lowest BCUT2D eigenvalue weighted by molar-refractivity contribution is 0.324. The number of benzene rings is 1. The number of hydrogen-bond acceptors (Lipinski definition) is 12. The molecule has 0 radical (unpaired) electrons. The first-order chi connectivity index (χ1) is 17.0. The minimum atomic E-state index is 0.334. The molecule has 35 heavy (non-hydrogen) atoms. The van der Waals surface area contributed by atoms with Gasteiger partial charge in [0.2, 0.25) is 5.75 Å². The fraction of sp³-hybridized carbons (Fsp3) is 0.261. The van der Waals surface area contributed by atoms with Crippen molar-refractivity contribution in [3.63, 3.8) is 0 Å². The van der Waals surface area contributed by atoms with Gasteiger partial charge < -0.3 is 18.7 Å². The van der Waals surface area contributed by atoms with E-state index in [1.54, 1.807) is 32.5 Å². The second-order valence-electron chi connectivity index (χ2n) is 7.05. The smallest absolute Gasteiger partial charge is 0.203 e. The van der Waals surface area contributed by atoms with Crippen molar-refractivity contribution in [1.29, 1.82) is 5.26 Å². The van der Waals surface area contributed by atoms with Crippen LogP contribution in [0.1, 0.15) is 22.6 Å². The number of thioether (sulfide) groups is 1. The third kappa shape index (κ3) is 5.22. The minimum absolute atomic E-state index is 0.334. The van der Waals surface area contributed by atoms with Crippen LogP contribution in [-0.2, 0) is 5.75 Å². The lowest BCUT2D eigenvalue weighted by Gasteiger charge is -2.15. The molecule has 0 unspecified atom stereocenters. The molecule has 4 aromatic rings. The summed E-state index contributed by atoms with van der Waals surface area (Å²) >= 11 is 4.24. The molecule has 0 N–H and O–H groups in total. The summed E-state index contributed by atoms with van der Waals surface area (Å²) in [4.78, 5) is 13.8. The van der Waals surface area contributed by atoms with E-state index in [1.807, 2.05) is 19.2 Å². The number of thiazole rings is 1. The molecule has 3 aromatic heterocycles. The van der Waals surface area contributed by atoms with Gasteiger partial charge in [-0.3, -0.25) is 0 Å². The van der Waals surface area contributed by atoms with Crippen LogP contribution in [0, 0.1) is 25.2 Å². The number of hydrogen-bond donors (Lipinski definition) is 0. The molecule has 0 spiro atoms. The minimum Gasteiger partial charge on any atom is -0.493 e. The van der Waals surface area contributed by atoms with Gasteiger partial charge in [0.15, 0.2) is 21.0 Å². The van der Waals surface area contributed by atoms with E-state index in [0.29, 0.717) is 50.0 Å². The summed E-state index contributed by atoms with van der Waals surface area (Å²) in [6.45, 7) is 3.78. The van der Waals surface area contributed by atoms with Crippen molar-refractivity contribution in [2.75, 3.05) is 21.3 Å². The summed E-state index contributed by atoms with van der Waals surface area (Å²) in [5, 5.41) is 17.0. The van der Waals surface area contributed by atoms with E-state index >= 15 is 0 Å². The Morgan fingerprint density at radius 1 is 1.09 bits per heavy atom. The molecule has 4 rings (SSSR count). The van der Waals surface area contributed by atoms with E-state index in [9.17, 15) is 5.26 Å². The number of methoxy groups -OCH3 is 3. The molecule has 0 amide bonds. The van der Waals surface area contributed by atoms with Crippen LogP contribution in [0.2, 0.25) is 0 Å². The second kappa shape index (κ2) is 11.0. The Hall–Kier alpha value is -3.27. The van der Waals surface area contributed by atoms with E-state index in [4.69, 9.17) is 28.7 Å². The molecule has 0 aliphatic rings. The summed E-state index contributed by atoms with van der Waals surface area (Å²) in [6.07, 6.45) is 1.72. The SMILES string of the molecule is COc1cc(-c2nc(SCc3c(C)noc3C)nc(Sc3nccs3)c2C#N)cc(OC)c1OC. The van der Waals surface area contributed by atoms with Gasteiger partial charge in [-0.1, -0.05) is 16.9 Å². The first kappa shape index (κ1) is 24.8. The van der Waals surface area contributed by atoms with Crippen molar-refractivity contribution in [2.45, 2.75) is 34.1 Å². The normalized spacial score (nSPS) is 10.7. The van der Waals surface area contributed by atoms with Crippen LogP contribution in [-0.4, -0.2) is 41.4 Å². The van der Waals surface area contributed by atoms with Gasteiger partial charge in [-0.25, -0.2) is 15.0 Å². The highest BCUT2D eigenvalue weighted by Gasteiger charge is 2.22. The molecule has 0 aliphatic heterocycles. The molecule has 0 atom stereocenters. The van der Waals surface area contributed by atoms with Crippen molar-refractivity contribution in [2.24, 2.45) is 0 Å². The highest BCUT2D eigenvalue weighted by molar-refractivity contribution is 8.01. The standard InChI is InChI=1S/C23H21N5O4S3/c1-12-16(13(2)32-28-12)11-34-22-26-19(14-8-17(29-3)20(31-5)18(9-14)30-4)15(10-24)21(27-22)35-23-25-6-7-33-23/h6-9H,11H2,1-5H3. The molecule has 9 nitrogen and oxygen atoms in total. The lowest BCUT2D eigenvalue weighted by Crippen LogP contribution is -2.01. The maximum Gasteiger partial charge on any atom is 0.203 e. The van der Waals surface area contributed by atoms with Crippen molar-refractivity contribution >= 4 is 34.9 Å². The average molecular weight is 528 g/mol. The topological polar surface area (TPSA) is 116 Å². The van der Waals surface area contributed by atoms with Gasteiger partial charge in [-0.05, 0) is 37.7 Å². The van der Waals surface area contributed by atoms with Gasteiger partial charge in [0.05, 0.1) is 32.7 Å². The molecule has 3 heterocycles. The molecule has 0 fully saturated rings. The molecule has 180 valence electrons. The van der Waals surface area contributed by atoms with Gasteiger partial charge in [0.1, 0.15) is 22.4 Å². The van der Waals surface area contributed by atoms with Crippen LogP contribution in [0.25, 0.3) is 11.3 Å². The Balaban J connectivity index is 1.85. The number of nitrogens with zero attached hydrogens (tertiary/aromatic N) is 5. The Bertz CT molecular complexity index is 1340. The number of rotatable bonds is 9. The third-order valence-corrected chi connectivity index (χ3v) is 7.77. The number of ether oxygens (including phenoxy) is 3. The van der Waals surface area contributed by atoms with Gasteiger partial charge in [0, 0.05) is 28.5 Å². The zero-order valence-electron chi connectivity index (χ0n) is 19.6. The highest BCUT2D eigenvalue weighted by atomic mass is 32.2. The fourth-order valence-electron chi connectivity index (χ4n) is 3.27. The molecule has 0 bridgehead atoms. The molecule has 1 aromatic carbocycles. The molecular weight excluding hydrogens is 506 g/mol. The Morgan fingerprint density at radius 2 is 1.83 bits per heavy atom. The predicted molar refractivity (Wildman–Crippen MR) is 134 cm³/mol. The molecule has 12 heteroatoms. The maximum absolute atomic E-state index is 10.1. The Labute approximate surface area is 214 Å². The van der Waals surface area contributed by atoms with Crippen LogP contribution in [0.3, 0.4) is 0 Å². The first-order valence-corrected chi connectivity index (χ1v) is 12.9. The molecule has 0 saturated heterocycles. The second-order valence-corrected chi connectivity index (χ2v) is 10.1. The van der Waals surface area contributed by atoms with E-state index < -0.39 is 0 Å². The average Bonchev–Trinajstić information content (AvgIpc) is 3.50. The van der Waals surface area contributed by atoms with Gasteiger partial charge in [-0.15, -0.1) is 11.3 Å². The van der Waals surface area contributed by atoms with Crippen LogP contribution in [0.5, 0.6) is 17.2 Å². The third-order valence-electron chi connectivity index (χ3n) is 5.03. The Morgan fingerprint density at radius 3 is 2.37 bits per heavy atom. The lowest BCUT2D eigenvalue weighted by atomic mass is 10.1. The summed E-state index contributed by atoms with van der Waals surface area (Å²) in [5.74, 6) is 2.71. The van der Waals surface area contributed by atoms with Crippen molar-refractivity contribution in [3.8, 4) is 34.6 Å². The predicted octanol–water partition coefficient (Wildman–Crippen LogP) is 5.55. The van der Waals surface area contributed by atoms with Crippen molar-refractivity contribution in [1.82, 2.24) is 20.1 Å².